The van der Waals surface area contributed by atoms with E-state index < -0.39 is 0 Å². The summed E-state index contributed by atoms with van der Waals surface area (Å²) in [5, 5.41) is 3.04. The van der Waals surface area contributed by atoms with E-state index in [1.54, 1.807) is 11.3 Å². The molecule has 0 spiro atoms. The van der Waals surface area contributed by atoms with Crippen molar-refractivity contribution in [1.82, 2.24) is 15.3 Å². The van der Waals surface area contributed by atoms with E-state index >= 15 is 0 Å². The summed E-state index contributed by atoms with van der Waals surface area (Å²) >= 11 is 7.62. The molecule has 3 rings (SSSR count). The number of morpholine rings is 1. The average Bonchev–Trinajstić information content (AvgIpc) is 2.88. The molecule has 8 heteroatoms. The van der Waals surface area contributed by atoms with Crippen LogP contribution in [0.5, 0.6) is 0 Å². The number of nitrogens with one attached hydrogen (secondary N) is 1. The average molecular weight is 327 g/mol. The summed E-state index contributed by atoms with van der Waals surface area (Å²) in [6.45, 7) is 4.96. The molecule has 1 aliphatic heterocycles. The van der Waals surface area contributed by atoms with Crippen LogP contribution in [-0.2, 0) is 16.1 Å². The van der Waals surface area contributed by atoms with Gasteiger partial charge in [0.1, 0.15) is 0 Å². The van der Waals surface area contributed by atoms with Crippen molar-refractivity contribution < 1.29 is 9.53 Å². The van der Waals surface area contributed by atoms with Crippen LogP contribution in [0, 0.1) is 0 Å². The maximum Gasteiger partial charge on any atom is 0.224 e. The minimum Gasteiger partial charge on any atom is -0.378 e. The number of rotatable bonds is 3. The lowest BCUT2D eigenvalue weighted by Gasteiger charge is -2.28. The highest BCUT2D eigenvalue weighted by molar-refractivity contribution is 7.19. The maximum atomic E-state index is 11.0. The summed E-state index contributed by atoms with van der Waals surface area (Å²) in [5.41, 5.74) is 0.821. The van der Waals surface area contributed by atoms with Gasteiger partial charge in [0.15, 0.2) is 5.82 Å². The van der Waals surface area contributed by atoms with Crippen LogP contribution in [0.1, 0.15) is 11.8 Å². The number of nitrogens with zero attached hydrogens (tertiary/aromatic N) is 3. The molecule has 0 aromatic carbocycles. The number of hydrogen-bond acceptors (Lipinski definition) is 6. The van der Waals surface area contributed by atoms with Crippen molar-refractivity contribution in [3.63, 3.8) is 0 Å². The molecule has 1 fully saturated rings. The van der Waals surface area contributed by atoms with Crippen LogP contribution in [0.15, 0.2) is 6.07 Å². The first kappa shape index (κ1) is 14.5. The van der Waals surface area contributed by atoms with E-state index in [1.807, 2.05) is 6.07 Å². The molecule has 1 saturated heterocycles. The number of thiophene rings is 1. The fourth-order valence-electron chi connectivity index (χ4n) is 2.22. The number of anilines is 1. The van der Waals surface area contributed by atoms with Gasteiger partial charge in [0.05, 0.1) is 30.0 Å². The van der Waals surface area contributed by atoms with Crippen LogP contribution in [0.25, 0.3) is 10.2 Å². The van der Waals surface area contributed by atoms with E-state index in [0.717, 1.165) is 34.0 Å². The maximum absolute atomic E-state index is 11.0. The Morgan fingerprint density at radius 3 is 2.95 bits per heavy atom. The quantitative estimate of drug-likeness (QED) is 0.871. The third-order valence-corrected chi connectivity index (χ3v) is 4.49. The summed E-state index contributed by atoms with van der Waals surface area (Å²) in [5.74, 6) is 0.803. The second kappa shape index (κ2) is 6.13. The number of halogens is 1. The van der Waals surface area contributed by atoms with Crippen molar-refractivity contribution in [2.24, 2.45) is 0 Å². The third kappa shape index (κ3) is 3.25. The lowest BCUT2D eigenvalue weighted by Crippen LogP contribution is -2.36. The Kier molecular flexibility index (Phi) is 4.23. The molecule has 21 heavy (non-hydrogen) atoms. The SMILES string of the molecule is CC(=O)NCc1cc2nc(Cl)nc(N3CCOCC3)c2s1. The zero-order valence-corrected chi connectivity index (χ0v) is 13.1. The van der Waals surface area contributed by atoms with Crippen LogP contribution in [0.4, 0.5) is 5.82 Å². The Labute approximate surface area is 131 Å². The smallest absolute Gasteiger partial charge is 0.224 e. The van der Waals surface area contributed by atoms with E-state index in [9.17, 15) is 4.79 Å². The molecule has 0 bridgehead atoms. The van der Waals surface area contributed by atoms with Crippen LogP contribution >= 0.6 is 22.9 Å². The van der Waals surface area contributed by atoms with Crippen molar-refractivity contribution in [2.45, 2.75) is 13.5 Å². The Morgan fingerprint density at radius 1 is 1.48 bits per heavy atom. The Bertz CT molecular complexity index is 669. The van der Waals surface area contributed by atoms with Crippen molar-refractivity contribution in [1.29, 1.82) is 0 Å². The van der Waals surface area contributed by atoms with Gasteiger partial charge in [-0.05, 0) is 17.7 Å². The highest BCUT2D eigenvalue weighted by Gasteiger charge is 2.19. The summed E-state index contributed by atoms with van der Waals surface area (Å²) < 4.78 is 6.37. The fourth-order valence-corrected chi connectivity index (χ4v) is 3.45. The zero-order chi connectivity index (χ0) is 14.8. The van der Waals surface area contributed by atoms with E-state index in [2.05, 4.69) is 20.2 Å². The Morgan fingerprint density at radius 2 is 2.24 bits per heavy atom. The minimum atomic E-state index is -0.0509. The molecule has 0 atom stereocenters. The molecule has 112 valence electrons. The van der Waals surface area contributed by atoms with E-state index in [0.29, 0.717) is 19.8 Å². The largest absolute Gasteiger partial charge is 0.378 e. The number of amides is 1. The third-order valence-electron chi connectivity index (χ3n) is 3.20. The number of fused-ring (bicyclic) bond motifs is 1. The minimum absolute atomic E-state index is 0.0509. The normalized spacial score (nSPS) is 15.4. The summed E-state index contributed by atoms with van der Waals surface area (Å²) in [6.07, 6.45) is 0. The Hall–Kier alpha value is -1.44. The molecule has 3 heterocycles. The Balaban J connectivity index is 1.96. The van der Waals surface area contributed by atoms with Gasteiger partial charge in [0, 0.05) is 24.9 Å². The number of carbonyl (C=O) groups is 1. The molecule has 0 saturated carbocycles. The molecule has 6 nitrogen and oxygen atoms in total. The first-order chi connectivity index (χ1) is 10.1. The van der Waals surface area contributed by atoms with Crippen LogP contribution in [0.3, 0.4) is 0 Å². The lowest BCUT2D eigenvalue weighted by atomic mass is 10.3. The van der Waals surface area contributed by atoms with Crippen LogP contribution in [-0.4, -0.2) is 42.2 Å². The van der Waals surface area contributed by atoms with Crippen molar-refractivity contribution in [3.05, 3.63) is 16.2 Å². The summed E-state index contributed by atoms with van der Waals surface area (Å²) in [7, 11) is 0. The first-order valence-corrected chi connectivity index (χ1v) is 7.86. The molecule has 0 unspecified atom stereocenters. The van der Waals surface area contributed by atoms with Crippen molar-refractivity contribution in [3.8, 4) is 0 Å². The van der Waals surface area contributed by atoms with Gasteiger partial charge in [-0.25, -0.2) is 4.98 Å². The van der Waals surface area contributed by atoms with Crippen molar-refractivity contribution in [2.75, 3.05) is 31.2 Å². The van der Waals surface area contributed by atoms with Crippen LogP contribution < -0.4 is 10.2 Å². The van der Waals surface area contributed by atoms with Crippen molar-refractivity contribution >= 4 is 44.9 Å². The van der Waals surface area contributed by atoms with Gasteiger partial charge < -0.3 is 15.0 Å². The van der Waals surface area contributed by atoms with Gasteiger partial charge in [0.25, 0.3) is 0 Å². The number of hydrogen-bond donors (Lipinski definition) is 1. The summed E-state index contributed by atoms with van der Waals surface area (Å²) in [6, 6.07) is 1.95. The molecule has 1 amide bonds. The molecule has 0 aliphatic carbocycles. The second-order valence-electron chi connectivity index (χ2n) is 4.75. The van der Waals surface area contributed by atoms with Gasteiger partial charge in [-0.2, -0.15) is 4.98 Å². The van der Waals surface area contributed by atoms with E-state index in [1.165, 1.54) is 6.92 Å². The molecule has 1 N–H and O–H groups in total. The molecular formula is C13H15ClN4O2S. The van der Waals surface area contributed by atoms with Gasteiger partial charge in [-0.15, -0.1) is 11.3 Å². The van der Waals surface area contributed by atoms with Crippen LogP contribution in [0.2, 0.25) is 5.28 Å². The predicted octanol–water partition coefficient (Wildman–Crippen LogP) is 1.82. The number of ether oxygens (including phenoxy) is 1. The standard InChI is InChI=1S/C13H15ClN4O2S/c1-8(19)15-7-9-6-10-11(21-9)12(17-13(14)16-10)18-2-4-20-5-3-18/h6H,2-5,7H2,1H3,(H,15,19). The van der Waals surface area contributed by atoms with Gasteiger partial charge in [-0.1, -0.05) is 0 Å². The predicted molar refractivity (Wildman–Crippen MR) is 83.0 cm³/mol. The highest BCUT2D eigenvalue weighted by Crippen LogP contribution is 2.33. The molecule has 2 aromatic heterocycles. The zero-order valence-electron chi connectivity index (χ0n) is 11.6. The first-order valence-electron chi connectivity index (χ1n) is 6.66. The summed E-state index contributed by atoms with van der Waals surface area (Å²) in [4.78, 5) is 22.9. The number of aromatic nitrogens is 2. The van der Waals surface area contributed by atoms with E-state index in [-0.39, 0.29) is 11.2 Å². The van der Waals surface area contributed by atoms with E-state index in [4.69, 9.17) is 16.3 Å². The molecule has 2 aromatic rings. The fraction of sp³-hybridized carbons (Fsp3) is 0.462. The number of carbonyl (C=O) groups excluding carboxylic acids is 1. The van der Waals surface area contributed by atoms with Gasteiger partial charge in [0.2, 0.25) is 11.2 Å². The monoisotopic (exact) mass is 326 g/mol. The van der Waals surface area contributed by atoms with Gasteiger partial charge >= 0.3 is 0 Å². The second-order valence-corrected chi connectivity index (χ2v) is 6.23. The molecule has 0 radical (unpaired) electrons. The van der Waals surface area contributed by atoms with Gasteiger partial charge in [-0.3, -0.25) is 4.79 Å². The topological polar surface area (TPSA) is 67.4 Å². The highest BCUT2D eigenvalue weighted by atomic mass is 35.5. The molecule has 1 aliphatic rings. The molecular weight excluding hydrogens is 312 g/mol. The lowest BCUT2D eigenvalue weighted by molar-refractivity contribution is -0.119.